The van der Waals surface area contributed by atoms with E-state index in [1.165, 1.54) is 17.4 Å². The summed E-state index contributed by atoms with van der Waals surface area (Å²) in [6.07, 6.45) is 0.861. The predicted octanol–water partition coefficient (Wildman–Crippen LogP) is 1.46. The van der Waals surface area contributed by atoms with E-state index in [1.54, 1.807) is 12.0 Å². The predicted molar refractivity (Wildman–Crippen MR) is 81.2 cm³/mol. The Bertz CT molecular complexity index is 530. The number of nitrogens with zero attached hydrogens (tertiary/aromatic N) is 2. The first-order valence-corrected chi connectivity index (χ1v) is 7.19. The van der Waals surface area contributed by atoms with E-state index >= 15 is 0 Å². The molecule has 0 radical (unpaired) electrons. The Labute approximate surface area is 125 Å². The first kappa shape index (κ1) is 15.5. The van der Waals surface area contributed by atoms with Gasteiger partial charge in [0.05, 0.1) is 6.61 Å². The molecule has 0 N–H and O–H groups in total. The second kappa shape index (κ2) is 6.72. The van der Waals surface area contributed by atoms with Gasteiger partial charge in [0.1, 0.15) is 6.54 Å². The van der Waals surface area contributed by atoms with E-state index < -0.39 is 0 Å². The number of methoxy groups -OCH3 is 1. The van der Waals surface area contributed by atoms with Gasteiger partial charge in [0.2, 0.25) is 11.8 Å². The molecule has 1 aliphatic rings. The third-order valence-electron chi connectivity index (χ3n) is 3.81. The molecule has 1 aromatic carbocycles. The molecule has 1 atom stereocenters. The van der Waals surface area contributed by atoms with Crippen molar-refractivity contribution < 1.29 is 14.3 Å². The zero-order chi connectivity index (χ0) is 15.4. The van der Waals surface area contributed by atoms with Crippen LogP contribution in [0.25, 0.3) is 0 Å². The van der Waals surface area contributed by atoms with Crippen molar-refractivity contribution >= 4 is 17.5 Å². The average molecular weight is 290 g/mol. The Kier molecular flexibility index (Phi) is 4.96. The lowest BCUT2D eigenvalue weighted by atomic mass is 10.1. The average Bonchev–Trinajstić information content (AvgIpc) is 2.78. The van der Waals surface area contributed by atoms with Gasteiger partial charge in [-0.15, -0.1) is 0 Å². The summed E-state index contributed by atoms with van der Waals surface area (Å²) in [4.78, 5) is 27.5. The standard InChI is InChI=1S/C16H22N2O3/c1-12-10-14-6-4-5-7-15(14)18(12)16(20)11-17(13(2)19)8-9-21-3/h4-7,12H,8-11H2,1-3H3. The molecular weight excluding hydrogens is 268 g/mol. The van der Waals surface area contributed by atoms with Crippen LogP contribution in [0.4, 0.5) is 5.69 Å². The van der Waals surface area contributed by atoms with Gasteiger partial charge in [0, 0.05) is 32.3 Å². The van der Waals surface area contributed by atoms with Gasteiger partial charge in [0.15, 0.2) is 0 Å². The van der Waals surface area contributed by atoms with Crippen molar-refractivity contribution in [1.82, 2.24) is 4.90 Å². The molecule has 0 saturated heterocycles. The summed E-state index contributed by atoms with van der Waals surface area (Å²) in [6.45, 7) is 4.47. The molecule has 114 valence electrons. The van der Waals surface area contributed by atoms with Crippen LogP contribution in [0.3, 0.4) is 0 Å². The SMILES string of the molecule is COCCN(CC(=O)N1c2ccccc2CC1C)C(C)=O. The summed E-state index contributed by atoms with van der Waals surface area (Å²) in [7, 11) is 1.58. The van der Waals surface area contributed by atoms with Crippen molar-refractivity contribution in [2.45, 2.75) is 26.3 Å². The van der Waals surface area contributed by atoms with Crippen LogP contribution in [0.2, 0.25) is 0 Å². The normalized spacial score (nSPS) is 16.7. The maximum atomic E-state index is 12.6. The lowest BCUT2D eigenvalue weighted by Gasteiger charge is -2.27. The lowest BCUT2D eigenvalue weighted by molar-refractivity contribution is -0.134. The minimum Gasteiger partial charge on any atom is -0.383 e. The fourth-order valence-electron chi connectivity index (χ4n) is 2.73. The molecule has 0 spiro atoms. The van der Waals surface area contributed by atoms with Gasteiger partial charge in [-0.1, -0.05) is 18.2 Å². The van der Waals surface area contributed by atoms with E-state index in [0.717, 1.165) is 12.1 Å². The summed E-state index contributed by atoms with van der Waals surface area (Å²) in [5.41, 5.74) is 2.15. The third-order valence-corrected chi connectivity index (χ3v) is 3.81. The van der Waals surface area contributed by atoms with Gasteiger partial charge < -0.3 is 14.5 Å². The van der Waals surface area contributed by atoms with E-state index in [4.69, 9.17) is 4.74 Å². The molecule has 0 saturated carbocycles. The first-order chi connectivity index (χ1) is 10.0. The van der Waals surface area contributed by atoms with Crippen LogP contribution in [-0.2, 0) is 20.7 Å². The molecule has 5 nitrogen and oxygen atoms in total. The van der Waals surface area contributed by atoms with Gasteiger partial charge >= 0.3 is 0 Å². The van der Waals surface area contributed by atoms with E-state index in [1.807, 2.05) is 31.2 Å². The Morgan fingerprint density at radius 1 is 1.38 bits per heavy atom. The zero-order valence-corrected chi connectivity index (χ0v) is 12.8. The molecule has 5 heteroatoms. The Balaban J connectivity index is 2.10. The van der Waals surface area contributed by atoms with Crippen LogP contribution in [-0.4, -0.2) is 49.6 Å². The van der Waals surface area contributed by atoms with Gasteiger partial charge in [0.25, 0.3) is 0 Å². The minimum absolute atomic E-state index is 0.0428. The van der Waals surface area contributed by atoms with Crippen LogP contribution in [0.15, 0.2) is 24.3 Å². The number of fused-ring (bicyclic) bond motifs is 1. The molecule has 1 heterocycles. The number of ether oxygens (including phenoxy) is 1. The summed E-state index contributed by atoms with van der Waals surface area (Å²) in [5.74, 6) is -0.153. The monoisotopic (exact) mass is 290 g/mol. The number of anilines is 1. The van der Waals surface area contributed by atoms with Gasteiger partial charge in [-0.05, 0) is 25.0 Å². The molecule has 21 heavy (non-hydrogen) atoms. The number of carbonyl (C=O) groups excluding carboxylic acids is 2. The second-order valence-corrected chi connectivity index (χ2v) is 5.38. The maximum absolute atomic E-state index is 12.6. The van der Waals surface area contributed by atoms with Crippen molar-refractivity contribution in [3.63, 3.8) is 0 Å². The van der Waals surface area contributed by atoms with E-state index in [0.29, 0.717) is 13.2 Å². The van der Waals surface area contributed by atoms with E-state index in [2.05, 4.69) is 0 Å². The summed E-state index contributed by atoms with van der Waals surface area (Å²) in [6, 6.07) is 8.06. The van der Waals surface area contributed by atoms with Crippen LogP contribution >= 0.6 is 0 Å². The molecular formula is C16H22N2O3. The van der Waals surface area contributed by atoms with E-state index in [-0.39, 0.29) is 24.4 Å². The highest BCUT2D eigenvalue weighted by Crippen LogP contribution is 2.31. The van der Waals surface area contributed by atoms with Crippen LogP contribution in [0.1, 0.15) is 19.4 Å². The van der Waals surface area contributed by atoms with Crippen LogP contribution in [0, 0.1) is 0 Å². The van der Waals surface area contributed by atoms with Crippen molar-refractivity contribution in [2.24, 2.45) is 0 Å². The molecule has 1 aliphatic heterocycles. The summed E-state index contributed by atoms with van der Waals surface area (Å²) < 4.78 is 4.99. The Morgan fingerprint density at radius 3 is 2.76 bits per heavy atom. The van der Waals surface area contributed by atoms with Crippen LogP contribution in [0.5, 0.6) is 0 Å². The van der Waals surface area contributed by atoms with Crippen molar-refractivity contribution in [3.8, 4) is 0 Å². The number of para-hydroxylation sites is 1. The highest BCUT2D eigenvalue weighted by Gasteiger charge is 2.31. The highest BCUT2D eigenvalue weighted by atomic mass is 16.5. The molecule has 0 fully saturated rings. The van der Waals surface area contributed by atoms with Crippen LogP contribution < -0.4 is 4.90 Å². The number of hydrogen-bond acceptors (Lipinski definition) is 3. The Morgan fingerprint density at radius 2 is 2.10 bits per heavy atom. The number of amides is 2. The second-order valence-electron chi connectivity index (χ2n) is 5.38. The van der Waals surface area contributed by atoms with Crippen molar-refractivity contribution in [1.29, 1.82) is 0 Å². The molecule has 0 aliphatic carbocycles. The molecule has 0 aromatic heterocycles. The molecule has 1 unspecified atom stereocenters. The van der Waals surface area contributed by atoms with Gasteiger partial charge in [-0.25, -0.2) is 0 Å². The third kappa shape index (κ3) is 3.42. The number of hydrogen-bond donors (Lipinski definition) is 0. The molecule has 2 amide bonds. The fraction of sp³-hybridized carbons (Fsp3) is 0.500. The quantitative estimate of drug-likeness (QED) is 0.825. The first-order valence-electron chi connectivity index (χ1n) is 7.19. The van der Waals surface area contributed by atoms with Gasteiger partial charge in [-0.3, -0.25) is 9.59 Å². The van der Waals surface area contributed by atoms with Crippen molar-refractivity contribution in [3.05, 3.63) is 29.8 Å². The summed E-state index contributed by atoms with van der Waals surface area (Å²) >= 11 is 0. The topological polar surface area (TPSA) is 49.9 Å². The lowest BCUT2D eigenvalue weighted by Crippen LogP contribution is -2.45. The fourth-order valence-corrected chi connectivity index (χ4v) is 2.73. The smallest absolute Gasteiger partial charge is 0.246 e. The number of rotatable bonds is 5. The minimum atomic E-state index is -0.111. The molecule has 2 rings (SSSR count). The maximum Gasteiger partial charge on any atom is 0.246 e. The van der Waals surface area contributed by atoms with E-state index in [9.17, 15) is 9.59 Å². The largest absolute Gasteiger partial charge is 0.383 e. The van der Waals surface area contributed by atoms with Crippen molar-refractivity contribution in [2.75, 3.05) is 31.7 Å². The Hall–Kier alpha value is -1.88. The molecule has 0 bridgehead atoms. The van der Waals surface area contributed by atoms with Gasteiger partial charge in [-0.2, -0.15) is 0 Å². The number of benzene rings is 1. The zero-order valence-electron chi connectivity index (χ0n) is 12.8. The molecule has 1 aromatic rings. The number of carbonyl (C=O) groups is 2. The summed E-state index contributed by atoms with van der Waals surface area (Å²) in [5, 5.41) is 0. The highest BCUT2D eigenvalue weighted by molar-refractivity contribution is 5.98.